The van der Waals surface area contributed by atoms with Crippen molar-refractivity contribution in [3.05, 3.63) is 0 Å². The molecule has 1 heterocycles. The number of carbonyl (C=O) groups excluding carboxylic acids is 1. The summed E-state index contributed by atoms with van der Waals surface area (Å²) < 4.78 is 0. The lowest BCUT2D eigenvalue weighted by atomic mass is 10.0. The van der Waals surface area contributed by atoms with Gasteiger partial charge in [-0.1, -0.05) is 13.8 Å². The first-order valence-electron chi connectivity index (χ1n) is 7.21. The van der Waals surface area contributed by atoms with Gasteiger partial charge in [-0.3, -0.25) is 4.79 Å². The molecule has 6 nitrogen and oxygen atoms in total. The smallest absolute Gasteiger partial charge is 0.317 e. The summed E-state index contributed by atoms with van der Waals surface area (Å²) >= 11 is 0. The van der Waals surface area contributed by atoms with Crippen molar-refractivity contribution >= 4 is 12.0 Å². The third-order valence-corrected chi connectivity index (χ3v) is 3.88. The zero-order chi connectivity index (χ0) is 15.3. The number of rotatable bonds is 6. The molecule has 20 heavy (non-hydrogen) atoms. The van der Waals surface area contributed by atoms with Crippen LogP contribution in [-0.4, -0.2) is 66.7 Å². The Kier molecular flexibility index (Phi) is 6.26. The van der Waals surface area contributed by atoms with Gasteiger partial charge in [0, 0.05) is 26.2 Å². The highest BCUT2D eigenvalue weighted by Gasteiger charge is 2.25. The van der Waals surface area contributed by atoms with Gasteiger partial charge in [-0.2, -0.15) is 0 Å². The minimum absolute atomic E-state index is 0.0383. The Balaban J connectivity index is 2.44. The third-order valence-electron chi connectivity index (χ3n) is 3.88. The largest absolute Gasteiger partial charge is 0.481 e. The van der Waals surface area contributed by atoms with Crippen molar-refractivity contribution in [2.75, 3.05) is 33.7 Å². The second-order valence-corrected chi connectivity index (χ2v) is 6.20. The Morgan fingerprint density at radius 2 is 2.10 bits per heavy atom. The predicted molar refractivity (Wildman–Crippen MR) is 77.6 cm³/mol. The minimum atomic E-state index is -0.885. The van der Waals surface area contributed by atoms with E-state index in [-0.39, 0.29) is 24.4 Å². The van der Waals surface area contributed by atoms with Crippen LogP contribution in [0.4, 0.5) is 4.79 Å². The monoisotopic (exact) mass is 285 g/mol. The Bertz CT molecular complexity index is 347. The maximum absolute atomic E-state index is 12.1. The minimum Gasteiger partial charge on any atom is -0.481 e. The number of carboxylic acid groups (broad SMARTS) is 1. The molecule has 0 radical (unpaired) electrons. The molecular formula is C14H27N3O3. The molecule has 1 saturated heterocycles. The molecule has 1 fully saturated rings. The molecule has 1 aliphatic rings. The molecule has 1 rings (SSSR count). The van der Waals surface area contributed by atoms with Gasteiger partial charge in [-0.15, -0.1) is 0 Å². The Labute approximate surface area is 121 Å². The fraction of sp³-hybridized carbons (Fsp3) is 0.857. The topological polar surface area (TPSA) is 72.9 Å². The summed E-state index contributed by atoms with van der Waals surface area (Å²) in [5.41, 5.74) is 0. The molecule has 0 aliphatic carbocycles. The number of hydrogen-bond acceptors (Lipinski definition) is 3. The fourth-order valence-corrected chi connectivity index (χ4v) is 2.56. The summed E-state index contributed by atoms with van der Waals surface area (Å²) in [4.78, 5) is 26.9. The molecule has 0 spiro atoms. The summed E-state index contributed by atoms with van der Waals surface area (Å²) in [6.45, 7) is 6.64. The zero-order valence-corrected chi connectivity index (χ0v) is 12.9. The van der Waals surface area contributed by atoms with Gasteiger partial charge in [-0.05, 0) is 31.8 Å². The second-order valence-electron chi connectivity index (χ2n) is 6.20. The SMILES string of the molecule is CC(C)C(CC(=O)O)NC(=O)N(C)CC1CCN(C)C1. The molecular weight excluding hydrogens is 258 g/mol. The number of hydrogen-bond donors (Lipinski definition) is 2. The third kappa shape index (κ3) is 5.36. The van der Waals surface area contributed by atoms with Crippen LogP contribution in [0.15, 0.2) is 0 Å². The normalized spacial score (nSPS) is 20.9. The molecule has 2 unspecified atom stereocenters. The van der Waals surface area contributed by atoms with E-state index < -0.39 is 5.97 Å². The lowest BCUT2D eigenvalue weighted by molar-refractivity contribution is -0.137. The molecule has 0 aromatic heterocycles. The van der Waals surface area contributed by atoms with Gasteiger partial charge in [-0.25, -0.2) is 4.79 Å². The van der Waals surface area contributed by atoms with Crippen molar-refractivity contribution in [1.82, 2.24) is 15.1 Å². The average Bonchev–Trinajstić information content (AvgIpc) is 2.72. The van der Waals surface area contributed by atoms with Crippen LogP contribution in [0.3, 0.4) is 0 Å². The fourth-order valence-electron chi connectivity index (χ4n) is 2.56. The van der Waals surface area contributed by atoms with Crippen LogP contribution in [-0.2, 0) is 4.79 Å². The van der Waals surface area contributed by atoms with Gasteiger partial charge in [0.15, 0.2) is 0 Å². The van der Waals surface area contributed by atoms with Gasteiger partial charge in [0.25, 0.3) is 0 Å². The van der Waals surface area contributed by atoms with Gasteiger partial charge < -0.3 is 20.2 Å². The number of nitrogens with zero attached hydrogens (tertiary/aromatic N) is 2. The van der Waals surface area contributed by atoms with Crippen molar-refractivity contribution in [2.24, 2.45) is 11.8 Å². The Morgan fingerprint density at radius 1 is 1.45 bits per heavy atom. The lowest BCUT2D eigenvalue weighted by Gasteiger charge is -2.26. The number of carboxylic acids is 1. The van der Waals surface area contributed by atoms with Gasteiger partial charge >= 0.3 is 12.0 Å². The van der Waals surface area contributed by atoms with E-state index in [2.05, 4.69) is 17.3 Å². The molecule has 116 valence electrons. The molecule has 2 atom stereocenters. The van der Waals surface area contributed by atoms with Gasteiger partial charge in [0.05, 0.1) is 6.42 Å². The molecule has 1 aliphatic heterocycles. The molecule has 6 heteroatoms. The van der Waals surface area contributed by atoms with Crippen molar-refractivity contribution in [3.63, 3.8) is 0 Å². The summed E-state index contributed by atoms with van der Waals surface area (Å²) in [6, 6.07) is -0.506. The van der Waals surface area contributed by atoms with E-state index in [1.807, 2.05) is 13.8 Å². The average molecular weight is 285 g/mol. The van der Waals surface area contributed by atoms with Crippen LogP contribution >= 0.6 is 0 Å². The van der Waals surface area contributed by atoms with Crippen LogP contribution in [0.2, 0.25) is 0 Å². The maximum Gasteiger partial charge on any atom is 0.317 e. The van der Waals surface area contributed by atoms with Crippen molar-refractivity contribution in [1.29, 1.82) is 0 Å². The molecule has 2 N–H and O–H groups in total. The van der Waals surface area contributed by atoms with E-state index in [1.165, 1.54) is 0 Å². The van der Waals surface area contributed by atoms with E-state index in [1.54, 1.807) is 11.9 Å². The predicted octanol–water partition coefficient (Wildman–Crippen LogP) is 1.08. The van der Waals surface area contributed by atoms with Crippen molar-refractivity contribution < 1.29 is 14.7 Å². The molecule has 2 amide bonds. The van der Waals surface area contributed by atoms with Crippen LogP contribution in [0, 0.1) is 11.8 Å². The molecule has 0 aromatic carbocycles. The maximum atomic E-state index is 12.1. The molecule has 0 aromatic rings. The first kappa shape index (κ1) is 16.8. The number of nitrogens with one attached hydrogen (secondary N) is 1. The molecule has 0 saturated carbocycles. The van der Waals surface area contributed by atoms with Crippen LogP contribution in [0.5, 0.6) is 0 Å². The highest BCUT2D eigenvalue weighted by Crippen LogP contribution is 2.15. The number of aliphatic carboxylic acids is 1. The Morgan fingerprint density at radius 3 is 2.55 bits per heavy atom. The van der Waals surface area contributed by atoms with Crippen LogP contribution in [0.25, 0.3) is 0 Å². The standard InChI is InChI=1S/C14H27N3O3/c1-10(2)12(7-13(18)19)15-14(20)17(4)9-11-5-6-16(3)8-11/h10-12H,5-9H2,1-4H3,(H,15,20)(H,18,19). The van der Waals surface area contributed by atoms with Gasteiger partial charge in [0.2, 0.25) is 0 Å². The van der Waals surface area contributed by atoms with Crippen LogP contribution < -0.4 is 5.32 Å². The van der Waals surface area contributed by atoms with E-state index in [0.717, 1.165) is 19.5 Å². The van der Waals surface area contributed by atoms with Crippen molar-refractivity contribution in [3.8, 4) is 0 Å². The second kappa shape index (κ2) is 7.47. The summed E-state index contributed by atoms with van der Waals surface area (Å²) in [5, 5.41) is 11.7. The van der Waals surface area contributed by atoms with E-state index in [4.69, 9.17) is 5.11 Å². The lowest BCUT2D eigenvalue weighted by Crippen LogP contribution is -2.47. The quantitative estimate of drug-likeness (QED) is 0.766. The highest BCUT2D eigenvalue weighted by molar-refractivity contribution is 5.75. The highest BCUT2D eigenvalue weighted by atomic mass is 16.4. The van der Waals surface area contributed by atoms with E-state index >= 15 is 0 Å². The summed E-state index contributed by atoms with van der Waals surface area (Å²) in [7, 11) is 3.85. The number of carbonyl (C=O) groups is 2. The summed E-state index contributed by atoms with van der Waals surface area (Å²) in [5.74, 6) is -0.280. The Hall–Kier alpha value is -1.30. The first-order valence-corrected chi connectivity index (χ1v) is 7.21. The van der Waals surface area contributed by atoms with E-state index in [0.29, 0.717) is 12.5 Å². The number of urea groups is 1. The van der Waals surface area contributed by atoms with Crippen molar-refractivity contribution in [2.45, 2.75) is 32.7 Å². The number of amides is 2. The zero-order valence-electron chi connectivity index (χ0n) is 12.9. The summed E-state index contributed by atoms with van der Waals surface area (Å²) in [6.07, 6.45) is 1.07. The van der Waals surface area contributed by atoms with Crippen LogP contribution in [0.1, 0.15) is 26.7 Å². The van der Waals surface area contributed by atoms with E-state index in [9.17, 15) is 9.59 Å². The van der Waals surface area contributed by atoms with Gasteiger partial charge in [0.1, 0.15) is 0 Å². The number of likely N-dealkylation sites (tertiary alicyclic amines) is 1. The molecule has 0 bridgehead atoms. The first-order chi connectivity index (χ1) is 9.29.